The molecule has 5 nitrogen and oxygen atoms in total. The zero-order valence-corrected chi connectivity index (χ0v) is 11.2. The molecule has 2 aromatic carbocycles. The summed E-state index contributed by atoms with van der Waals surface area (Å²) in [6, 6.07) is 8.21. The van der Waals surface area contributed by atoms with Gasteiger partial charge in [0.25, 0.3) is 0 Å². The van der Waals surface area contributed by atoms with Crippen LogP contribution in [0, 0.1) is 11.6 Å². The molecule has 0 saturated carbocycles. The number of nitrogen functional groups attached to an aromatic ring is 1. The standard InChI is InChI=1S/C13H8ClF2N5/c14-8-6-7(4-5-11(8)17)13-18-19-20-21(13)12-9(15)2-1-3-10(12)16/h1-6H,17H2. The molecule has 0 radical (unpaired) electrons. The number of aromatic nitrogens is 4. The number of nitrogens with zero attached hydrogens (tertiary/aromatic N) is 4. The van der Waals surface area contributed by atoms with Crippen LogP contribution in [-0.2, 0) is 0 Å². The molecule has 0 aliphatic heterocycles. The second-order valence-electron chi connectivity index (χ2n) is 4.22. The molecule has 0 unspecified atom stereocenters. The number of anilines is 1. The molecule has 3 rings (SSSR count). The molecule has 0 bridgehead atoms. The van der Waals surface area contributed by atoms with E-state index in [0.29, 0.717) is 16.3 Å². The minimum Gasteiger partial charge on any atom is -0.398 e. The Morgan fingerprint density at radius 2 is 1.81 bits per heavy atom. The number of halogens is 3. The van der Waals surface area contributed by atoms with Gasteiger partial charge in [0.1, 0.15) is 5.69 Å². The van der Waals surface area contributed by atoms with E-state index in [4.69, 9.17) is 17.3 Å². The van der Waals surface area contributed by atoms with Crippen LogP contribution in [0.25, 0.3) is 17.1 Å². The summed E-state index contributed by atoms with van der Waals surface area (Å²) in [6.45, 7) is 0. The third-order valence-electron chi connectivity index (χ3n) is 2.88. The number of rotatable bonds is 2. The molecule has 1 aromatic heterocycles. The summed E-state index contributed by atoms with van der Waals surface area (Å²) in [4.78, 5) is 0. The van der Waals surface area contributed by atoms with Crippen LogP contribution in [-0.4, -0.2) is 20.2 Å². The van der Waals surface area contributed by atoms with Gasteiger partial charge in [0.2, 0.25) is 0 Å². The lowest BCUT2D eigenvalue weighted by molar-refractivity contribution is 0.557. The minimum absolute atomic E-state index is 0.154. The second kappa shape index (κ2) is 5.10. The van der Waals surface area contributed by atoms with Crippen molar-refractivity contribution in [2.24, 2.45) is 0 Å². The van der Waals surface area contributed by atoms with Gasteiger partial charge >= 0.3 is 0 Å². The monoisotopic (exact) mass is 307 g/mol. The molecule has 2 N–H and O–H groups in total. The predicted molar refractivity (Wildman–Crippen MR) is 73.9 cm³/mol. The number of para-hydroxylation sites is 1. The molecule has 8 heteroatoms. The van der Waals surface area contributed by atoms with Crippen molar-refractivity contribution < 1.29 is 8.78 Å². The zero-order valence-electron chi connectivity index (χ0n) is 10.5. The maximum absolute atomic E-state index is 13.9. The summed E-state index contributed by atoms with van der Waals surface area (Å²) in [7, 11) is 0. The summed E-state index contributed by atoms with van der Waals surface area (Å²) >= 11 is 5.94. The highest BCUT2D eigenvalue weighted by molar-refractivity contribution is 6.33. The summed E-state index contributed by atoms with van der Waals surface area (Å²) in [5, 5.41) is 11.2. The number of nitrogens with two attached hydrogens (primary N) is 1. The van der Waals surface area contributed by atoms with E-state index in [9.17, 15) is 8.78 Å². The quantitative estimate of drug-likeness (QED) is 0.739. The van der Waals surface area contributed by atoms with E-state index in [1.165, 1.54) is 12.1 Å². The molecule has 0 saturated heterocycles. The number of hydrogen-bond donors (Lipinski definition) is 1. The highest BCUT2D eigenvalue weighted by atomic mass is 35.5. The summed E-state index contributed by atoms with van der Waals surface area (Å²) in [5.41, 5.74) is 6.15. The van der Waals surface area contributed by atoms with E-state index in [1.54, 1.807) is 12.1 Å². The lowest BCUT2D eigenvalue weighted by Gasteiger charge is -2.07. The van der Waals surface area contributed by atoms with Gasteiger partial charge in [-0.2, -0.15) is 4.68 Å². The van der Waals surface area contributed by atoms with Crippen LogP contribution in [0.5, 0.6) is 0 Å². The molecule has 0 aliphatic rings. The highest BCUT2D eigenvalue weighted by Gasteiger charge is 2.18. The number of hydrogen-bond acceptors (Lipinski definition) is 4. The topological polar surface area (TPSA) is 69.6 Å². The van der Waals surface area contributed by atoms with Crippen LogP contribution in [0.4, 0.5) is 14.5 Å². The highest BCUT2D eigenvalue weighted by Crippen LogP contribution is 2.27. The van der Waals surface area contributed by atoms with E-state index in [0.717, 1.165) is 16.8 Å². The van der Waals surface area contributed by atoms with Crippen LogP contribution in [0.1, 0.15) is 0 Å². The van der Waals surface area contributed by atoms with Crippen molar-refractivity contribution in [1.82, 2.24) is 20.2 Å². The molecule has 0 atom stereocenters. The molecule has 106 valence electrons. The average molecular weight is 308 g/mol. The Hall–Kier alpha value is -2.54. The van der Waals surface area contributed by atoms with E-state index in [-0.39, 0.29) is 11.5 Å². The van der Waals surface area contributed by atoms with Crippen LogP contribution in [0.2, 0.25) is 5.02 Å². The van der Waals surface area contributed by atoms with Gasteiger partial charge < -0.3 is 5.73 Å². The van der Waals surface area contributed by atoms with E-state index in [2.05, 4.69) is 15.5 Å². The lowest BCUT2D eigenvalue weighted by Crippen LogP contribution is -2.05. The van der Waals surface area contributed by atoms with Gasteiger partial charge in [-0.15, -0.1) is 5.10 Å². The number of benzene rings is 2. The number of tetrazole rings is 1. The average Bonchev–Trinajstić information content (AvgIpc) is 2.91. The lowest BCUT2D eigenvalue weighted by atomic mass is 10.2. The summed E-state index contributed by atoms with van der Waals surface area (Å²) < 4.78 is 28.7. The largest absolute Gasteiger partial charge is 0.398 e. The normalized spacial score (nSPS) is 10.8. The minimum atomic E-state index is -0.773. The van der Waals surface area contributed by atoms with E-state index >= 15 is 0 Å². The first-order valence-electron chi connectivity index (χ1n) is 5.86. The zero-order chi connectivity index (χ0) is 15.0. The van der Waals surface area contributed by atoms with Gasteiger partial charge in [0, 0.05) is 5.56 Å². The van der Waals surface area contributed by atoms with Gasteiger partial charge in [0.05, 0.1) is 10.7 Å². The van der Waals surface area contributed by atoms with Gasteiger partial charge in [0.15, 0.2) is 17.5 Å². The smallest absolute Gasteiger partial charge is 0.187 e. The predicted octanol–water partition coefficient (Wildman–Crippen LogP) is 2.84. The van der Waals surface area contributed by atoms with Gasteiger partial charge in [-0.3, -0.25) is 0 Å². The second-order valence-corrected chi connectivity index (χ2v) is 4.63. The Bertz CT molecular complexity index is 798. The Morgan fingerprint density at radius 1 is 1.10 bits per heavy atom. The Balaban J connectivity index is 2.20. The molecule has 0 aliphatic carbocycles. The van der Waals surface area contributed by atoms with Gasteiger partial charge in [-0.1, -0.05) is 17.7 Å². The Kier molecular flexibility index (Phi) is 3.26. The Labute approximate surface area is 123 Å². The first-order chi connectivity index (χ1) is 10.1. The molecule has 3 aromatic rings. The maximum Gasteiger partial charge on any atom is 0.187 e. The maximum atomic E-state index is 13.9. The molecule has 1 heterocycles. The van der Waals surface area contributed by atoms with Crippen LogP contribution >= 0.6 is 11.6 Å². The van der Waals surface area contributed by atoms with Crippen molar-refractivity contribution >= 4 is 17.3 Å². The molecular formula is C13H8ClF2N5. The summed E-state index contributed by atoms with van der Waals surface area (Å²) in [6.07, 6.45) is 0. The van der Waals surface area contributed by atoms with Crippen molar-refractivity contribution in [3.8, 4) is 17.1 Å². The Morgan fingerprint density at radius 3 is 2.48 bits per heavy atom. The first-order valence-corrected chi connectivity index (χ1v) is 6.24. The van der Waals surface area contributed by atoms with Crippen molar-refractivity contribution in [2.45, 2.75) is 0 Å². The van der Waals surface area contributed by atoms with Crippen molar-refractivity contribution in [2.75, 3.05) is 5.73 Å². The SMILES string of the molecule is Nc1ccc(-c2nnnn2-c2c(F)cccc2F)cc1Cl. The van der Waals surface area contributed by atoms with Crippen molar-refractivity contribution in [3.63, 3.8) is 0 Å². The van der Waals surface area contributed by atoms with Crippen LogP contribution in [0.3, 0.4) is 0 Å². The van der Waals surface area contributed by atoms with Crippen LogP contribution < -0.4 is 5.73 Å². The van der Waals surface area contributed by atoms with E-state index in [1.807, 2.05) is 0 Å². The molecule has 0 fully saturated rings. The van der Waals surface area contributed by atoms with Gasteiger partial charge in [-0.25, -0.2) is 8.78 Å². The fourth-order valence-corrected chi connectivity index (χ4v) is 2.06. The molecule has 21 heavy (non-hydrogen) atoms. The molecule has 0 spiro atoms. The molecule has 0 amide bonds. The third kappa shape index (κ3) is 2.31. The van der Waals surface area contributed by atoms with Crippen molar-refractivity contribution in [1.29, 1.82) is 0 Å². The van der Waals surface area contributed by atoms with E-state index < -0.39 is 11.6 Å². The fourth-order valence-electron chi connectivity index (χ4n) is 1.88. The molecular weight excluding hydrogens is 300 g/mol. The fraction of sp³-hybridized carbons (Fsp3) is 0. The third-order valence-corrected chi connectivity index (χ3v) is 3.20. The van der Waals surface area contributed by atoms with Gasteiger partial charge in [-0.05, 0) is 40.8 Å². The van der Waals surface area contributed by atoms with Crippen molar-refractivity contribution in [3.05, 3.63) is 53.1 Å². The first kappa shape index (κ1) is 13.4. The van der Waals surface area contributed by atoms with Crippen LogP contribution in [0.15, 0.2) is 36.4 Å². The summed E-state index contributed by atoms with van der Waals surface area (Å²) in [5.74, 6) is -1.39.